The van der Waals surface area contributed by atoms with E-state index in [1.165, 1.54) is 0 Å². The minimum atomic E-state index is -0.389. The van der Waals surface area contributed by atoms with Gasteiger partial charge in [0, 0.05) is 28.7 Å². The van der Waals surface area contributed by atoms with Crippen molar-refractivity contribution in [3.05, 3.63) is 101 Å². The second-order valence-corrected chi connectivity index (χ2v) is 8.29. The third-order valence-corrected chi connectivity index (χ3v) is 5.96. The van der Waals surface area contributed by atoms with Gasteiger partial charge in [-0.2, -0.15) is 0 Å². The van der Waals surface area contributed by atoms with Crippen LogP contribution < -0.4 is 20.1 Å². The number of aromatic amines is 1. The molecule has 0 spiro atoms. The molecule has 0 atom stereocenters. The van der Waals surface area contributed by atoms with Gasteiger partial charge in [-0.3, -0.25) is 9.59 Å². The second-order valence-electron chi connectivity index (χ2n) is 8.29. The Morgan fingerprint density at radius 2 is 1.53 bits per heavy atom. The molecule has 1 heterocycles. The molecule has 36 heavy (non-hydrogen) atoms. The van der Waals surface area contributed by atoms with Crippen molar-refractivity contribution in [2.24, 2.45) is 0 Å². The number of benzene rings is 3. The SMILES string of the molecule is COc1ccc(/C=C(\NC(=O)c2ccc(OC)cc2)C(=O)NCCc2c(C)[nH]c3ccccc23)cc1. The molecule has 0 unspecified atom stereocenters. The molecule has 7 nitrogen and oxygen atoms in total. The van der Waals surface area contributed by atoms with Crippen LogP contribution in [0.25, 0.3) is 17.0 Å². The molecular weight excluding hydrogens is 454 g/mol. The first kappa shape index (κ1) is 24.6. The molecule has 7 heteroatoms. The third kappa shape index (κ3) is 5.75. The van der Waals surface area contributed by atoms with Crippen LogP contribution in [0.15, 0.2) is 78.5 Å². The van der Waals surface area contributed by atoms with E-state index in [0.717, 1.165) is 27.7 Å². The molecule has 1 aromatic heterocycles. The highest BCUT2D eigenvalue weighted by Crippen LogP contribution is 2.22. The van der Waals surface area contributed by atoms with Crippen molar-refractivity contribution < 1.29 is 19.1 Å². The van der Waals surface area contributed by atoms with Gasteiger partial charge in [-0.25, -0.2) is 0 Å². The van der Waals surface area contributed by atoms with Crippen molar-refractivity contribution in [3.63, 3.8) is 0 Å². The molecule has 3 N–H and O–H groups in total. The second kappa shape index (κ2) is 11.3. The van der Waals surface area contributed by atoms with Crippen molar-refractivity contribution >= 4 is 28.8 Å². The van der Waals surface area contributed by atoms with Crippen molar-refractivity contribution in [1.29, 1.82) is 0 Å². The Morgan fingerprint density at radius 1 is 0.889 bits per heavy atom. The van der Waals surface area contributed by atoms with Gasteiger partial charge < -0.3 is 25.1 Å². The number of rotatable bonds is 9. The van der Waals surface area contributed by atoms with E-state index in [-0.39, 0.29) is 17.5 Å². The first-order valence-corrected chi connectivity index (χ1v) is 11.6. The van der Waals surface area contributed by atoms with Gasteiger partial charge in [-0.15, -0.1) is 0 Å². The average Bonchev–Trinajstić information content (AvgIpc) is 3.23. The van der Waals surface area contributed by atoms with Gasteiger partial charge in [0.05, 0.1) is 14.2 Å². The molecule has 0 aliphatic rings. The van der Waals surface area contributed by atoms with Crippen LogP contribution in [-0.2, 0) is 11.2 Å². The number of amides is 2. The highest BCUT2D eigenvalue weighted by molar-refractivity contribution is 6.05. The highest BCUT2D eigenvalue weighted by Gasteiger charge is 2.16. The maximum atomic E-state index is 13.2. The summed E-state index contributed by atoms with van der Waals surface area (Å²) in [5.41, 5.74) is 4.63. The van der Waals surface area contributed by atoms with Crippen molar-refractivity contribution in [3.8, 4) is 11.5 Å². The van der Waals surface area contributed by atoms with Crippen LogP contribution >= 0.6 is 0 Å². The smallest absolute Gasteiger partial charge is 0.267 e. The lowest BCUT2D eigenvalue weighted by Crippen LogP contribution is -2.35. The number of nitrogens with one attached hydrogen (secondary N) is 3. The molecular formula is C29H29N3O4. The van der Waals surface area contributed by atoms with E-state index in [1.54, 1.807) is 56.7 Å². The fourth-order valence-corrected chi connectivity index (χ4v) is 4.02. The van der Waals surface area contributed by atoms with Crippen LogP contribution in [0.3, 0.4) is 0 Å². The Hall–Kier alpha value is -4.52. The molecule has 0 saturated heterocycles. The van der Waals surface area contributed by atoms with Crippen LogP contribution in [0, 0.1) is 6.92 Å². The number of methoxy groups -OCH3 is 2. The quantitative estimate of drug-likeness (QED) is 0.303. The molecule has 0 saturated carbocycles. The molecule has 0 aliphatic heterocycles. The minimum absolute atomic E-state index is 0.150. The maximum Gasteiger partial charge on any atom is 0.267 e. The van der Waals surface area contributed by atoms with Crippen molar-refractivity contribution in [2.45, 2.75) is 13.3 Å². The molecule has 4 aromatic rings. The molecule has 0 radical (unpaired) electrons. The van der Waals surface area contributed by atoms with Gasteiger partial charge in [0.2, 0.25) is 0 Å². The molecule has 3 aromatic carbocycles. The lowest BCUT2D eigenvalue weighted by molar-refractivity contribution is -0.117. The highest BCUT2D eigenvalue weighted by atomic mass is 16.5. The Kier molecular flexibility index (Phi) is 7.70. The molecule has 2 amide bonds. The van der Waals surface area contributed by atoms with E-state index in [2.05, 4.69) is 21.7 Å². The summed E-state index contributed by atoms with van der Waals surface area (Å²) in [4.78, 5) is 29.5. The number of carbonyl (C=O) groups excluding carboxylic acids is 2. The van der Waals surface area contributed by atoms with Gasteiger partial charge in [0.15, 0.2) is 0 Å². The monoisotopic (exact) mass is 483 g/mol. The molecule has 184 valence electrons. The zero-order valence-electron chi connectivity index (χ0n) is 20.6. The van der Waals surface area contributed by atoms with Gasteiger partial charge in [-0.1, -0.05) is 30.3 Å². The number of aryl methyl sites for hydroxylation is 1. The normalized spacial score (nSPS) is 11.2. The summed E-state index contributed by atoms with van der Waals surface area (Å²) in [5, 5.41) is 6.86. The number of para-hydroxylation sites is 1. The fraction of sp³-hybridized carbons (Fsp3) is 0.172. The predicted octanol–water partition coefficient (Wildman–Crippen LogP) is 4.62. The minimum Gasteiger partial charge on any atom is -0.497 e. The molecule has 0 fully saturated rings. The zero-order chi connectivity index (χ0) is 25.5. The lowest BCUT2D eigenvalue weighted by Gasteiger charge is -2.12. The number of ether oxygens (including phenoxy) is 2. The van der Waals surface area contributed by atoms with E-state index in [1.807, 2.05) is 37.3 Å². The van der Waals surface area contributed by atoms with Crippen molar-refractivity contribution in [1.82, 2.24) is 15.6 Å². The Morgan fingerprint density at radius 3 is 2.19 bits per heavy atom. The van der Waals surface area contributed by atoms with E-state index in [0.29, 0.717) is 30.0 Å². The summed E-state index contributed by atoms with van der Waals surface area (Å²) in [6.45, 7) is 2.45. The first-order valence-electron chi connectivity index (χ1n) is 11.6. The summed E-state index contributed by atoms with van der Waals surface area (Å²) in [6, 6.07) is 22.0. The summed E-state index contributed by atoms with van der Waals surface area (Å²) >= 11 is 0. The summed E-state index contributed by atoms with van der Waals surface area (Å²) in [7, 11) is 3.15. The first-order chi connectivity index (χ1) is 17.5. The Labute approximate surface area is 210 Å². The molecule has 0 aliphatic carbocycles. The number of hydrogen-bond donors (Lipinski definition) is 3. The van der Waals surface area contributed by atoms with Crippen LogP contribution in [0.1, 0.15) is 27.2 Å². The summed E-state index contributed by atoms with van der Waals surface area (Å²) < 4.78 is 10.4. The van der Waals surface area contributed by atoms with Gasteiger partial charge in [0.25, 0.3) is 11.8 Å². The maximum absolute atomic E-state index is 13.2. The summed E-state index contributed by atoms with van der Waals surface area (Å²) in [5.74, 6) is 0.589. The number of H-pyrrole nitrogens is 1. The van der Waals surface area contributed by atoms with Crippen LogP contribution in [0.4, 0.5) is 0 Å². The third-order valence-electron chi connectivity index (χ3n) is 5.96. The standard InChI is InChI=1S/C29H29N3O4/c1-19-24(25-6-4-5-7-26(25)31-19)16-17-30-29(34)27(18-20-8-12-22(35-2)13-9-20)32-28(33)21-10-14-23(36-3)15-11-21/h4-15,18,31H,16-17H2,1-3H3,(H,30,34)(H,32,33)/b27-18-. The predicted molar refractivity (Wildman–Crippen MR) is 141 cm³/mol. The van der Waals surface area contributed by atoms with E-state index < -0.39 is 0 Å². The van der Waals surface area contributed by atoms with E-state index in [9.17, 15) is 9.59 Å². The lowest BCUT2D eigenvalue weighted by atomic mass is 10.1. The number of fused-ring (bicyclic) bond motifs is 1. The largest absolute Gasteiger partial charge is 0.497 e. The van der Waals surface area contributed by atoms with Crippen LogP contribution in [0.2, 0.25) is 0 Å². The van der Waals surface area contributed by atoms with Gasteiger partial charge >= 0.3 is 0 Å². The zero-order valence-corrected chi connectivity index (χ0v) is 20.6. The molecule has 4 rings (SSSR count). The van der Waals surface area contributed by atoms with E-state index >= 15 is 0 Å². The van der Waals surface area contributed by atoms with Crippen LogP contribution in [0.5, 0.6) is 11.5 Å². The van der Waals surface area contributed by atoms with E-state index in [4.69, 9.17) is 9.47 Å². The van der Waals surface area contributed by atoms with Crippen LogP contribution in [-0.4, -0.2) is 37.6 Å². The summed E-state index contributed by atoms with van der Waals surface area (Å²) in [6.07, 6.45) is 2.30. The Balaban J connectivity index is 1.51. The fourth-order valence-electron chi connectivity index (χ4n) is 4.02. The average molecular weight is 484 g/mol. The number of carbonyl (C=O) groups is 2. The Bertz CT molecular complexity index is 1390. The van der Waals surface area contributed by atoms with Crippen molar-refractivity contribution in [2.75, 3.05) is 20.8 Å². The van der Waals surface area contributed by atoms with Gasteiger partial charge in [-0.05, 0) is 73.0 Å². The topological polar surface area (TPSA) is 92.4 Å². The number of hydrogen-bond acceptors (Lipinski definition) is 4. The number of aromatic nitrogens is 1. The van der Waals surface area contributed by atoms with Gasteiger partial charge in [0.1, 0.15) is 17.2 Å². The molecule has 0 bridgehead atoms.